The van der Waals surface area contributed by atoms with Gasteiger partial charge in [-0.1, -0.05) is 38.8 Å². The monoisotopic (exact) mass is 288 g/mol. The van der Waals surface area contributed by atoms with Gasteiger partial charge in [0, 0.05) is 18.9 Å². The smallest absolute Gasteiger partial charge is 0.335 e. The van der Waals surface area contributed by atoms with Crippen molar-refractivity contribution in [3.63, 3.8) is 0 Å². The van der Waals surface area contributed by atoms with Gasteiger partial charge < -0.3 is 9.67 Å². The molecular formula is C16H20N2O3. The summed E-state index contributed by atoms with van der Waals surface area (Å²) in [7, 11) is 0. The third kappa shape index (κ3) is 5.22. The SMILES string of the molecule is CCCC.O=Cc1nccn1Cc1ccc(C(=O)O)cc1. The fourth-order valence-electron chi connectivity index (χ4n) is 1.52. The Hall–Kier alpha value is -2.43. The molecule has 1 aromatic heterocycles. The molecule has 5 nitrogen and oxygen atoms in total. The lowest BCUT2D eigenvalue weighted by Crippen LogP contribution is -2.04. The lowest BCUT2D eigenvalue weighted by molar-refractivity contribution is 0.0696. The van der Waals surface area contributed by atoms with Crippen LogP contribution in [-0.4, -0.2) is 26.9 Å². The van der Waals surface area contributed by atoms with E-state index in [0.29, 0.717) is 18.7 Å². The summed E-state index contributed by atoms with van der Waals surface area (Å²) >= 11 is 0. The Morgan fingerprint density at radius 2 is 1.86 bits per heavy atom. The Kier molecular flexibility index (Phi) is 6.87. The number of carboxylic acids is 1. The minimum absolute atomic E-state index is 0.245. The molecule has 1 N–H and O–H groups in total. The maximum atomic E-state index is 10.7. The van der Waals surface area contributed by atoms with Gasteiger partial charge in [-0.2, -0.15) is 0 Å². The molecule has 0 fully saturated rings. The van der Waals surface area contributed by atoms with Crippen LogP contribution in [0, 0.1) is 0 Å². The molecule has 0 saturated heterocycles. The number of carboxylic acid groups (broad SMARTS) is 1. The summed E-state index contributed by atoms with van der Waals surface area (Å²) in [5.74, 6) is -0.597. The predicted molar refractivity (Wildman–Crippen MR) is 80.7 cm³/mol. The number of carbonyl (C=O) groups is 2. The van der Waals surface area contributed by atoms with E-state index in [2.05, 4.69) is 18.8 Å². The van der Waals surface area contributed by atoms with Crippen molar-refractivity contribution in [3.05, 3.63) is 53.6 Å². The van der Waals surface area contributed by atoms with E-state index in [4.69, 9.17) is 5.11 Å². The molecule has 0 bridgehead atoms. The van der Waals surface area contributed by atoms with E-state index >= 15 is 0 Å². The number of imidazole rings is 1. The van der Waals surface area contributed by atoms with Crippen LogP contribution in [-0.2, 0) is 6.54 Å². The van der Waals surface area contributed by atoms with Crippen molar-refractivity contribution in [2.45, 2.75) is 33.2 Å². The number of aldehydes is 1. The first-order valence-corrected chi connectivity index (χ1v) is 6.90. The maximum absolute atomic E-state index is 10.7. The van der Waals surface area contributed by atoms with Crippen molar-refractivity contribution in [1.82, 2.24) is 9.55 Å². The average Bonchev–Trinajstić information content (AvgIpc) is 2.95. The van der Waals surface area contributed by atoms with Crippen LogP contribution in [0.15, 0.2) is 36.7 Å². The van der Waals surface area contributed by atoms with Gasteiger partial charge in [0.05, 0.1) is 5.56 Å². The highest BCUT2D eigenvalue weighted by molar-refractivity contribution is 5.87. The molecule has 2 rings (SSSR count). The molecule has 0 radical (unpaired) electrons. The van der Waals surface area contributed by atoms with Crippen molar-refractivity contribution < 1.29 is 14.7 Å². The zero-order valence-corrected chi connectivity index (χ0v) is 12.3. The molecule has 1 aromatic carbocycles. The van der Waals surface area contributed by atoms with Crippen LogP contribution in [0.1, 0.15) is 53.2 Å². The Labute approximate surface area is 124 Å². The van der Waals surface area contributed by atoms with Gasteiger partial charge in [0.2, 0.25) is 0 Å². The van der Waals surface area contributed by atoms with Crippen LogP contribution in [0.2, 0.25) is 0 Å². The summed E-state index contributed by atoms with van der Waals surface area (Å²) in [6.07, 6.45) is 6.58. The first-order valence-electron chi connectivity index (χ1n) is 6.90. The van der Waals surface area contributed by atoms with Crippen molar-refractivity contribution in [2.24, 2.45) is 0 Å². The van der Waals surface area contributed by atoms with Gasteiger partial charge in [-0.25, -0.2) is 9.78 Å². The normalized spacial score (nSPS) is 9.62. The van der Waals surface area contributed by atoms with Crippen molar-refractivity contribution in [3.8, 4) is 0 Å². The Morgan fingerprint density at radius 1 is 1.24 bits per heavy atom. The number of aromatic nitrogens is 2. The highest BCUT2D eigenvalue weighted by atomic mass is 16.4. The van der Waals surface area contributed by atoms with E-state index < -0.39 is 5.97 Å². The molecule has 1 heterocycles. The molecule has 112 valence electrons. The highest BCUT2D eigenvalue weighted by Crippen LogP contribution is 2.07. The summed E-state index contributed by atoms with van der Waals surface area (Å²) in [4.78, 5) is 25.2. The molecule has 0 aliphatic heterocycles. The molecule has 5 heteroatoms. The van der Waals surface area contributed by atoms with E-state index in [-0.39, 0.29) is 5.56 Å². The van der Waals surface area contributed by atoms with Gasteiger partial charge in [0.15, 0.2) is 12.1 Å². The molecule has 0 aliphatic rings. The molecule has 0 saturated carbocycles. The summed E-state index contributed by atoms with van der Waals surface area (Å²) in [5, 5.41) is 8.75. The minimum atomic E-state index is -0.951. The molecule has 0 amide bonds. The number of carbonyl (C=O) groups excluding carboxylic acids is 1. The van der Waals surface area contributed by atoms with E-state index in [1.807, 2.05) is 0 Å². The molecule has 2 aromatic rings. The van der Waals surface area contributed by atoms with E-state index in [9.17, 15) is 9.59 Å². The van der Waals surface area contributed by atoms with Crippen LogP contribution in [0.4, 0.5) is 0 Å². The second-order valence-corrected chi connectivity index (χ2v) is 4.53. The third-order valence-electron chi connectivity index (χ3n) is 2.91. The molecule has 0 aliphatic carbocycles. The first kappa shape index (κ1) is 16.6. The standard InChI is InChI=1S/C12H10N2O3.C4H10/c15-8-11-13-5-6-14(11)7-9-1-3-10(4-2-9)12(16)17;1-3-4-2/h1-6,8H,7H2,(H,16,17);3-4H2,1-2H3. The summed E-state index contributed by atoms with van der Waals surface area (Å²) in [6, 6.07) is 6.51. The average molecular weight is 288 g/mol. The Balaban J connectivity index is 0.000000491. The molecule has 0 unspecified atom stereocenters. The topological polar surface area (TPSA) is 72.2 Å². The quantitative estimate of drug-likeness (QED) is 0.857. The number of aromatic carboxylic acids is 1. The van der Waals surface area contributed by atoms with Crippen molar-refractivity contribution in [1.29, 1.82) is 0 Å². The fourth-order valence-corrected chi connectivity index (χ4v) is 1.52. The Morgan fingerprint density at radius 3 is 2.33 bits per heavy atom. The molecular weight excluding hydrogens is 268 g/mol. The van der Waals surface area contributed by atoms with Gasteiger partial charge in [0.1, 0.15) is 0 Å². The van der Waals surface area contributed by atoms with Gasteiger partial charge in [-0.05, 0) is 17.7 Å². The van der Waals surface area contributed by atoms with E-state index in [1.54, 1.807) is 29.1 Å². The van der Waals surface area contributed by atoms with E-state index in [0.717, 1.165) is 5.56 Å². The number of hydrogen-bond acceptors (Lipinski definition) is 3. The predicted octanol–water partition coefficient (Wildman–Crippen LogP) is 3.25. The third-order valence-corrected chi connectivity index (χ3v) is 2.91. The van der Waals surface area contributed by atoms with Crippen LogP contribution >= 0.6 is 0 Å². The lowest BCUT2D eigenvalue weighted by Gasteiger charge is -2.04. The maximum Gasteiger partial charge on any atom is 0.335 e. The first-order chi connectivity index (χ1) is 10.1. The number of rotatable bonds is 5. The number of hydrogen-bond donors (Lipinski definition) is 1. The lowest BCUT2D eigenvalue weighted by atomic mass is 10.1. The largest absolute Gasteiger partial charge is 0.478 e. The fraction of sp³-hybridized carbons (Fsp3) is 0.312. The van der Waals surface area contributed by atoms with Crippen LogP contribution in [0.25, 0.3) is 0 Å². The van der Waals surface area contributed by atoms with Crippen molar-refractivity contribution in [2.75, 3.05) is 0 Å². The number of nitrogens with zero attached hydrogens (tertiary/aromatic N) is 2. The Bertz CT molecular complexity index is 571. The number of unbranched alkanes of at least 4 members (excludes halogenated alkanes) is 1. The summed E-state index contributed by atoms with van der Waals surface area (Å²) in [6.45, 7) is 4.86. The van der Waals surface area contributed by atoms with Crippen LogP contribution in [0.3, 0.4) is 0 Å². The second kappa shape index (κ2) is 8.68. The second-order valence-electron chi connectivity index (χ2n) is 4.53. The van der Waals surface area contributed by atoms with Crippen molar-refractivity contribution >= 4 is 12.3 Å². The summed E-state index contributed by atoms with van der Waals surface area (Å²) < 4.78 is 1.70. The zero-order chi connectivity index (χ0) is 15.7. The molecule has 0 atom stereocenters. The highest BCUT2D eigenvalue weighted by Gasteiger charge is 2.04. The van der Waals surface area contributed by atoms with Gasteiger partial charge in [-0.3, -0.25) is 4.79 Å². The summed E-state index contributed by atoms with van der Waals surface area (Å²) in [5.41, 5.74) is 1.16. The van der Waals surface area contributed by atoms with Crippen LogP contribution < -0.4 is 0 Å². The molecule has 21 heavy (non-hydrogen) atoms. The van der Waals surface area contributed by atoms with E-state index in [1.165, 1.54) is 25.0 Å². The van der Waals surface area contributed by atoms with Crippen LogP contribution in [0.5, 0.6) is 0 Å². The molecule has 0 spiro atoms. The zero-order valence-electron chi connectivity index (χ0n) is 12.3. The van der Waals surface area contributed by atoms with Gasteiger partial charge in [-0.15, -0.1) is 0 Å². The van der Waals surface area contributed by atoms with Gasteiger partial charge >= 0.3 is 5.97 Å². The minimum Gasteiger partial charge on any atom is -0.478 e. The number of benzene rings is 1. The van der Waals surface area contributed by atoms with Gasteiger partial charge in [0.25, 0.3) is 0 Å².